The van der Waals surface area contributed by atoms with E-state index in [1.54, 1.807) is 0 Å². The van der Waals surface area contributed by atoms with Crippen molar-refractivity contribution in [3.05, 3.63) is 28.2 Å². The maximum Gasteiger partial charge on any atom is 0.132 e. The van der Waals surface area contributed by atoms with Crippen molar-refractivity contribution in [3.8, 4) is 0 Å². The second-order valence-electron chi connectivity index (χ2n) is 3.08. The number of anilines is 1. The maximum atomic E-state index is 6.01. The molecule has 1 aromatic rings. The lowest BCUT2D eigenvalue weighted by atomic mass is 10.3. The molecule has 3 N–H and O–H groups in total. The molecule has 1 aliphatic rings. The Morgan fingerprint density at radius 1 is 1.14 bits per heavy atom. The fourth-order valence-electron chi connectivity index (χ4n) is 1.39. The molecule has 0 spiro atoms. The number of rotatable bonds is 2. The van der Waals surface area contributed by atoms with Crippen molar-refractivity contribution >= 4 is 28.9 Å². The number of benzene rings is 1. The second kappa shape index (κ2) is 4.36. The van der Waals surface area contributed by atoms with Crippen LogP contribution in [0.5, 0.6) is 0 Å². The normalized spacial score (nSPS) is 17.3. The minimum absolute atomic E-state index is 0.0485. The van der Waals surface area contributed by atoms with Gasteiger partial charge in [0.1, 0.15) is 6.29 Å². The van der Waals surface area contributed by atoms with Gasteiger partial charge in [-0.3, -0.25) is 10.6 Å². The lowest BCUT2D eigenvalue weighted by Crippen LogP contribution is -2.38. The molecule has 1 fully saturated rings. The molecule has 0 aromatic heterocycles. The summed E-state index contributed by atoms with van der Waals surface area (Å²) < 4.78 is 0. The van der Waals surface area contributed by atoms with E-state index in [1.807, 2.05) is 18.2 Å². The van der Waals surface area contributed by atoms with Gasteiger partial charge in [0.2, 0.25) is 0 Å². The van der Waals surface area contributed by atoms with Crippen LogP contribution in [0.4, 0.5) is 5.69 Å². The van der Waals surface area contributed by atoms with E-state index in [0.717, 1.165) is 18.8 Å². The summed E-state index contributed by atoms with van der Waals surface area (Å²) in [6, 6.07) is 5.45. The van der Waals surface area contributed by atoms with Crippen molar-refractivity contribution < 1.29 is 0 Å². The molecule has 0 atom stereocenters. The SMILES string of the molecule is Clc1cccc(Cl)c1NC1NCCN1. The number of nitrogens with one attached hydrogen (secondary N) is 3. The highest BCUT2D eigenvalue weighted by Crippen LogP contribution is 2.29. The lowest BCUT2D eigenvalue weighted by Gasteiger charge is -2.16. The number of halogens is 2. The average Bonchev–Trinajstić information content (AvgIpc) is 2.64. The minimum Gasteiger partial charge on any atom is -0.355 e. The van der Waals surface area contributed by atoms with Crippen molar-refractivity contribution in [2.75, 3.05) is 18.4 Å². The molecule has 3 nitrogen and oxygen atoms in total. The molecule has 1 heterocycles. The molecule has 1 aromatic carbocycles. The molecule has 0 saturated carbocycles. The van der Waals surface area contributed by atoms with Gasteiger partial charge in [-0.15, -0.1) is 0 Å². The zero-order valence-corrected chi connectivity index (χ0v) is 8.99. The van der Waals surface area contributed by atoms with Crippen molar-refractivity contribution in [1.82, 2.24) is 10.6 Å². The van der Waals surface area contributed by atoms with Crippen LogP contribution in [0.2, 0.25) is 10.0 Å². The maximum absolute atomic E-state index is 6.01. The van der Waals surface area contributed by atoms with Crippen LogP contribution in [0.25, 0.3) is 0 Å². The van der Waals surface area contributed by atoms with Gasteiger partial charge in [0.05, 0.1) is 15.7 Å². The predicted octanol–water partition coefficient (Wildman–Crippen LogP) is 1.88. The van der Waals surface area contributed by atoms with Gasteiger partial charge < -0.3 is 5.32 Å². The third-order valence-corrected chi connectivity index (χ3v) is 2.70. The number of para-hydroxylation sites is 1. The number of hydrogen-bond acceptors (Lipinski definition) is 3. The summed E-state index contributed by atoms with van der Waals surface area (Å²) in [6.07, 6.45) is 0.0485. The van der Waals surface area contributed by atoms with Crippen molar-refractivity contribution in [2.24, 2.45) is 0 Å². The van der Waals surface area contributed by atoms with Crippen LogP contribution >= 0.6 is 23.2 Å². The Labute approximate surface area is 92.8 Å². The first-order valence-electron chi connectivity index (χ1n) is 4.45. The molecule has 0 aliphatic carbocycles. The summed E-state index contributed by atoms with van der Waals surface area (Å²) in [6.45, 7) is 1.89. The molecular formula is C9H11Cl2N3. The van der Waals surface area contributed by atoms with E-state index in [2.05, 4.69) is 16.0 Å². The van der Waals surface area contributed by atoms with Gasteiger partial charge in [0.25, 0.3) is 0 Å². The van der Waals surface area contributed by atoms with Crippen LogP contribution in [0.3, 0.4) is 0 Å². The van der Waals surface area contributed by atoms with Gasteiger partial charge in [-0.1, -0.05) is 29.3 Å². The monoisotopic (exact) mass is 231 g/mol. The second-order valence-corrected chi connectivity index (χ2v) is 3.90. The minimum atomic E-state index is 0.0485. The zero-order chi connectivity index (χ0) is 9.97. The quantitative estimate of drug-likeness (QED) is 0.728. The lowest BCUT2D eigenvalue weighted by molar-refractivity contribution is 0.621. The van der Waals surface area contributed by atoms with E-state index in [-0.39, 0.29) is 6.29 Å². The Kier molecular flexibility index (Phi) is 3.13. The first-order valence-corrected chi connectivity index (χ1v) is 5.20. The Hall–Kier alpha value is -0.480. The zero-order valence-electron chi connectivity index (χ0n) is 7.48. The van der Waals surface area contributed by atoms with Crippen LogP contribution in [0, 0.1) is 0 Å². The van der Waals surface area contributed by atoms with Crippen LogP contribution in [-0.2, 0) is 0 Å². The van der Waals surface area contributed by atoms with Gasteiger partial charge in [-0.05, 0) is 12.1 Å². The van der Waals surface area contributed by atoms with Gasteiger partial charge in [-0.25, -0.2) is 0 Å². The average molecular weight is 232 g/mol. The predicted molar refractivity (Wildman–Crippen MR) is 59.9 cm³/mol. The summed E-state index contributed by atoms with van der Waals surface area (Å²) in [5.74, 6) is 0. The van der Waals surface area contributed by atoms with E-state index < -0.39 is 0 Å². The Morgan fingerprint density at radius 2 is 1.71 bits per heavy atom. The van der Waals surface area contributed by atoms with E-state index >= 15 is 0 Å². The van der Waals surface area contributed by atoms with E-state index in [0.29, 0.717) is 10.0 Å². The molecule has 0 radical (unpaired) electrons. The number of hydrogen-bond donors (Lipinski definition) is 3. The molecule has 1 aliphatic heterocycles. The molecule has 0 unspecified atom stereocenters. The van der Waals surface area contributed by atoms with Crippen molar-refractivity contribution in [2.45, 2.75) is 6.29 Å². The summed E-state index contributed by atoms with van der Waals surface area (Å²) in [4.78, 5) is 0. The molecule has 2 rings (SSSR count). The summed E-state index contributed by atoms with van der Waals surface area (Å²) >= 11 is 12.0. The third-order valence-electron chi connectivity index (χ3n) is 2.07. The molecule has 0 bridgehead atoms. The van der Waals surface area contributed by atoms with Gasteiger partial charge >= 0.3 is 0 Å². The topological polar surface area (TPSA) is 36.1 Å². The smallest absolute Gasteiger partial charge is 0.132 e. The molecule has 5 heteroatoms. The standard InChI is InChI=1S/C9H11Cl2N3/c10-6-2-1-3-7(11)8(6)14-9-12-4-5-13-9/h1-3,9,12-14H,4-5H2. The van der Waals surface area contributed by atoms with Gasteiger partial charge in [0, 0.05) is 13.1 Å². The molecule has 14 heavy (non-hydrogen) atoms. The van der Waals surface area contributed by atoms with E-state index in [9.17, 15) is 0 Å². The fraction of sp³-hybridized carbons (Fsp3) is 0.333. The highest BCUT2D eigenvalue weighted by molar-refractivity contribution is 6.39. The largest absolute Gasteiger partial charge is 0.355 e. The van der Waals surface area contributed by atoms with Crippen molar-refractivity contribution in [1.29, 1.82) is 0 Å². The molecule has 1 saturated heterocycles. The van der Waals surface area contributed by atoms with E-state index in [4.69, 9.17) is 23.2 Å². The van der Waals surface area contributed by atoms with Gasteiger partial charge in [0.15, 0.2) is 0 Å². The Balaban J connectivity index is 2.14. The van der Waals surface area contributed by atoms with Crippen LogP contribution in [-0.4, -0.2) is 19.4 Å². The molecular weight excluding hydrogens is 221 g/mol. The highest BCUT2D eigenvalue weighted by atomic mass is 35.5. The highest BCUT2D eigenvalue weighted by Gasteiger charge is 2.14. The van der Waals surface area contributed by atoms with E-state index in [1.165, 1.54) is 0 Å². The van der Waals surface area contributed by atoms with Crippen LogP contribution in [0.1, 0.15) is 0 Å². The van der Waals surface area contributed by atoms with Crippen LogP contribution in [0.15, 0.2) is 18.2 Å². The first-order chi connectivity index (χ1) is 6.77. The Morgan fingerprint density at radius 3 is 2.29 bits per heavy atom. The van der Waals surface area contributed by atoms with Crippen molar-refractivity contribution in [3.63, 3.8) is 0 Å². The molecule has 0 amide bonds. The third kappa shape index (κ3) is 2.12. The Bertz CT molecular complexity index is 304. The summed E-state index contributed by atoms with van der Waals surface area (Å²) in [5.41, 5.74) is 0.766. The fourth-order valence-corrected chi connectivity index (χ4v) is 1.89. The molecule has 76 valence electrons. The van der Waals surface area contributed by atoms with Gasteiger partial charge in [-0.2, -0.15) is 0 Å². The summed E-state index contributed by atoms with van der Waals surface area (Å²) in [7, 11) is 0. The van der Waals surface area contributed by atoms with Crippen LogP contribution < -0.4 is 16.0 Å². The first kappa shape index (κ1) is 10.1. The summed E-state index contributed by atoms with van der Waals surface area (Å²) in [5, 5.41) is 10.9.